The predicted octanol–water partition coefficient (Wildman–Crippen LogP) is 4.89. The van der Waals surface area contributed by atoms with Crippen LogP contribution in [-0.2, 0) is 0 Å². The largest absolute Gasteiger partial charge is 0.288 e. The number of hydrogen-bond donors (Lipinski definition) is 0. The van der Waals surface area contributed by atoms with Gasteiger partial charge in [0, 0.05) is 15.4 Å². The Morgan fingerprint density at radius 3 is 2.50 bits per heavy atom. The van der Waals surface area contributed by atoms with Crippen molar-refractivity contribution in [2.24, 2.45) is 0 Å². The second kappa shape index (κ2) is 4.67. The molecule has 0 fully saturated rings. The van der Waals surface area contributed by atoms with Crippen LogP contribution in [0.25, 0.3) is 10.8 Å². The number of carbonyl (C=O) groups excluding carboxylic acids is 1. The topological polar surface area (TPSA) is 17.1 Å². The van der Waals surface area contributed by atoms with Crippen LogP contribution in [0.5, 0.6) is 0 Å². The van der Waals surface area contributed by atoms with E-state index < -0.39 is 0 Å². The zero-order chi connectivity index (χ0) is 12.5. The zero-order valence-corrected chi connectivity index (χ0v) is 11.8. The number of benzene rings is 2. The average molecular weight is 317 g/mol. The molecular weight excluding hydrogens is 308 g/mol. The molecule has 3 rings (SSSR count). The minimum absolute atomic E-state index is 0.0800. The van der Waals surface area contributed by atoms with Crippen molar-refractivity contribution in [3.05, 3.63) is 68.8 Å². The van der Waals surface area contributed by atoms with E-state index in [-0.39, 0.29) is 5.78 Å². The second-order valence-corrected chi connectivity index (χ2v) is 5.85. The fraction of sp³-hybridized carbons (Fsp3) is 0. The van der Waals surface area contributed by atoms with Gasteiger partial charge in [0.05, 0.1) is 4.88 Å². The quantitative estimate of drug-likeness (QED) is 0.615. The van der Waals surface area contributed by atoms with Gasteiger partial charge in [-0.25, -0.2) is 0 Å². The van der Waals surface area contributed by atoms with Gasteiger partial charge in [-0.3, -0.25) is 4.79 Å². The van der Waals surface area contributed by atoms with Crippen molar-refractivity contribution in [1.82, 2.24) is 0 Å². The van der Waals surface area contributed by atoms with Crippen molar-refractivity contribution in [3.63, 3.8) is 0 Å². The third kappa shape index (κ3) is 2.11. The van der Waals surface area contributed by atoms with Gasteiger partial charge < -0.3 is 0 Å². The van der Waals surface area contributed by atoms with E-state index in [1.165, 1.54) is 11.3 Å². The van der Waals surface area contributed by atoms with Crippen LogP contribution in [0, 0.1) is 0 Å². The number of fused-ring (bicyclic) bond motifs is 1. The minimum Gasteiger partial charge on any atom is -0.288 e. The molecule has 0 saturated heterocycles. The number of halogens is 1. The lowest BCUT2D eigenvalue weighted by atomic mass is 10.0. The van der Waals surface area contributed by atoms with Crippen LogP contribution in [0.15, 0.2) is 58.4 Å². The summed E-state index contributed by atoms with van der Waals surface area (Å²) in [5.74, 6) is 0.0800. The fourth-order valence-electron chi connectivity index (χ4n) is 1.90. The van der Waals surface area contributed by atoms with Gasteiger partial charge in [-0.1, -0.05) is 36.4 Å². The Morgan fingerprint density at radius 2 is 1.78 bits per heavy atom. The number of rotatable bonds is 2. The summed E-state index contributed by atoms with van der Waals surface area (Å²) in [6.07, 6.45) is 0. The molecule has 1 nitrogen and oxygen atoms in total. The summed E-state index contributed by atoms with van der Waals surface area (Å²) in [7, 11) is 0. The lowest BCUT2D eigenvalue weighted by Gasteiger charge is -2.01. The molecule has 0 N–H and O–H groups in total. The first-order valence-electron chi connectivity index (χ1n) is 5.51. The first-order chi connectivity index (χ1) is 8.74. The van der Waals surface area contributed by atoms with E-state index in [1.807, 2.05) is 53.9 Å². The van der Waals surface area contributed by atoms with E-state index in [1.54, 1.807) is 0 Å². The Bertz CT molecular complexity index is 730. The number of thiophene rings is 1. The molecule has 2 aromatic carbocycles. The maximum absolute atomic E-state index is 12.3. The van der Waals surface area contributed by atoms with Crippen molar-refractivity contribution in [1.29, 1.82) is 0 Å². The van der Waals surface area contributed by atoms with Crippen LogP contribution in [0.3, 0.4) is 0 Å². The van der Waals surface area contributed by atoms with Gasteiger partial charge in [0.15, 0.2) is 0 Å². The zero-order valence-electron chi connectivity index (χ0n) is 9.39. The van der Waals surface area contributed by atoms with Crippen molar-refractivity contribution in [3.8, 4) is 0 Å². The maximum Gasteiger partial charge on any atom is 0.203 e. The number of hydrogen-bond acceptors (Lipinski definition) is 2. The average Bonchev–Trinajstić information content (AvgIpc) is 2.84. The smallest absolute Gasteiger partial charge is 0.203 e. The van der Waals surface area contributed by atoms with E-state index in [0.717, 1.165) is 25.7 Å². The van der Waals surface area contributed by atoms with Crippen LogP contribution in [0.1, 0.15) is 15.2 Å². The molecule has 1 heterocycles. The molecular formula is C15H9BrOS. The van der Waals surface area contributed by atoms with E-state index in [0.29, 0.717) is 0 Å². The Morgan fingerprint density at radius 1 is 1.00 bits per heavy atom. The molecule has 0 aliphatic heterocycles. The van der Waals surface area contributed by atoms with Crippen LogP contribution >= 0.6 is 27.3 Å². The summed E-state index contributed by atoms with van der Waals surface area (Å²) < 4.78 is 0.955. The first kappa shape index (κ1) is 11.6. The molecule has 18 heavy (non-hydrogen) atoms. The first-order valence-corrected chi connectivity index (χ1v) is 7.19. The molecule has 1 aromatic heterocycles. The Balaban J connectivity index is 2.06. The molecule has 0 unspecified atom stereocenters. The fourth-order valence-corrected chi connectivity index (χ4v) is 3.29. The van der Waals surface area contributed by atoms with Crippen molar-refractivity contribution in [2.45, 2.75) is 0 Å². The van der Waals surface area contributed by atoms with E-state index in [9.17, 15) is 4.79 Å². The molecule has 0 bridgehead atoms. The van der Waals surface area contributed by atoms with E-state index in [4.69, 9.17) is 0 Å². The number of carbonyl (C=O) groups is 1. The molecule has 0 saturated carbocycles. The van der Waals surface area contributed by atoms with Gasteiger partial charge in [-0.15, -0.1) is 11.3 Å². The van der Waals surface area contributed by atoms with Crippen molar-refractivity contribution < 1.29 is 4.79 Å². The van der Waals surface area contributed by atoms with E-state index in [2.05, 4.69) is 15.9 Å². The van der Waals surface area contributed by atoms with Crippen LogP contribution < -0.4 is 0 Å². The maximum atomic E-state index is 12.3. The Labute approximate surface area is 117 Å². The van der Waals surface area contributed by atoms with Crippen LogP contribution in [0.2, 0.25) is 0 Å². The summed E-state index contributed by atoms with van der Waals surface area (Å²) in [5, 5.41) is 4.18. The van der Waals surface area contributed by atoms with Gasteiger partial charge >= 0.3 is 0 Å². The summed E-state index contributed by atoms with van der Waals surface area (Å²) in [4.78, 5) is 13.1. The van der Waals surface area contributed by atoms with Gasteiger partial charge in [0.2, 0.25) is 5.78 Å². The molecule has 0 spiro atoms. The summed E-state index contributed by atoms with van der Waals surface area (Å²) in [6.45, 7) is 0. The van der Waals surface area contributed by atoms with Crippen molar-refractivity contribution >= 4 is 43.8 Å². The normalized spacial score (nSPS) is 10.7. The van der Waals surface area contributed by atoms with E-state index >= 15 is 0 Å². The molecule has 0 aliphatic rings. The Kier molecular flexibility index (Phi) is 3.02. The highest BCUT2D eigenvalue weighted by atomic mass is 79.9. The molecule has 0 aliphatic carbocycles. The SMILES string of the molecule is O=C(c1ccc2ccccc2c1)c1cc(Br)cs1. The predicted molar refractivity (Wildman–Crippen MR) is 79.4 cm³/mol. The van der Waals surface area contributed by atoms with Gasteiger partial charge in [-0.2, -0.15) is 0 Å². The third-order valence-electron chi connectivity index (χ3n) is 2.80. The van der Waals surface area contributed by atoms with Gasteiger partial charge in [0.1, 0.15) is 0 Å². The third-order valence-corrected chi connectivity index (χ3v) is 4.49. The summed E-state index contributed by atoms with van der Waals surface area (Å²) in [5.41, 5.74) is 0.739. The summed E-state index contributed by atoms with van der Waals surface area (Å²) >= 11 is 4.83. The van der Waals surface area contributed by atoms with Crippen LogP contribution in [0.4, 0.5) is 0 Å². The molecule has 0 atom stereocenters. The van der Waals surface area contributed by atoms with Crippen LogP contribution in [-0.4, -0.2) is 5.78 Å². The number of ketones is 1. The van der Waals surface area contributed by atoms with Crippen molar-refractivity contribution in [2.75, 3.05) is 0 Å². The Hall–Kier alpha value is -1.45. The monoisotopic (exact) mass is 316 g/mol. The molecule has 0 amide bonds. The lowest BCUT2D eigenvalue weighted by molar-refractivity contribution is 0.104. The minimum atomic E-state index is 0.0800. The lowest BCUT2D eigenvalue weighted by Crippen LogP contribution is -1.97. The molecule has 88 valence electrons. The van der Waals surface area contributed by atoms with Gasteiger partial charge in [0.25, 0.3) is 0 Å². The molecule has 3 aromatic rings. The van der Waals surface area contributed by atoms with Gasteiger partial charge in [-0.05, 0) is 38.8 Å². The second-order valence-electron chi connectivity index (χ2n) is 4.02. The highest BCUT2D eigenvalue weighted by molar-refractivity contribution is 9.10. The highest BCUT2D eigenvalue weighted by Crippen LogP contribution is 2.24. The molecule has 3 heteroatoms. The summed E-state index contributed by atoms with van der Waals surface area (Å²) in [6, 6.07) is 15.7. The highest BCUT2D eigenvalue weighted by Gasteiger charge is 2.11. The molecule has 0 radical (unpaired) electrons. The standard InChI is InChI=1S/C15H9BrOS/c16-13-8-14(18-9-13)15(17)12-6-5-10-3-1-2-4-11(10)7-12/h1-9H.